The number of hydrogen-bond donors (Lipinski definition) is 0. The van der Waals surface area contributed by atoms with Crippen LogP contribution >= 0.6 is 0 Å². The summed E-state index contributed by atoms with van der Waals surface area (Å²) in [7, 11) is 0. The number of rotatable bonds is 7. The van der Waals surface area contributed by atoms with Crippen molar-refractivity contribution in [2.75, 3.05) is 0 Å². The Morgan fingerprint density at radius 2 is 0.760 bits per heavy atom. The minimum atomic E-state index is -8.12. The van der Waals surface area contributed by atoms with Gasteiger partial charge in [0.2, 0.25) is 5.78 Å². The molecule has 0 radical (unpaired) electrons. The monoisotopic (exact) mass is 408 g/mol. The molecule has 0 aliphatic rings. The van der Waals surface area contributed by atoms with Crippen LogP contribution < -0.4 is 0 Å². The number of ketones is 1. The molecule has 0 saturated heterocycles. The lowest BCUT2D eigenvalue weighted by Gasteiger charge is -2.41. The molecule has 0 rings (SSSR count). The van der Waals surface area contributed by atoms with Crippen LogP contribution in [0.15, 0.2) is 0 Å². The SMILES string of the molecule is CC(=O)C(F)(F)C(F)(F)C(F)(F)C(F)(F)C(F)(F)C(F)(F)C(C)(F)F. The summed E-state index contributed by atoms with van der Waals surface area (Å²) in [6, 6.07) is 0. The Balaban J connectivity index is 6.55. The first-order valence-corrected chi connectivity index (χ1v) is 5.60. The molecule has 0 aromatic rings. The van der Waals surface area contributed by atoms with Crippen molar-refractivity contribution in [2.24, 2.45) is 0 Å². The smallest absolute Gasteiger partial charge is 0.293 e. The summed E-state index contributed by atoms with van der Waals surface area (Å²) in [4.78, 5) is 10.2. The van der Waals surface area contributed by atoms with Crippen molar-refractivity contribution in [3.8, 4) is 0 Å². The zero-order valence-corrected chi connectivity index (χ0v) is 11.7. The van der Waals surface area contributed by atoms with E-state index in [0.29, 0.717) is 0 Å². The van der Waals surface area contributed by atoms with Crippen LogP contribution in [0.4, 0.5) is 61.5 Å². The topological polar surface area (TPSA) is 17.1 Å². The number of carbonyl (C=O) groups excluding carboxylic acids is 1. The summed E-state index contributed by atoms with van der Waals surface area (Å²) in [5.41, 5.74) is 0. The Morgan fingerprint density at radius 3 is 1.00 bits per heavy atom. The Labute approximate surface area is 129 Å². The van der Waals surface area contributed by atoms with Gasteiger partial charge in [0, 0.05) is 13.8 Å². The molecule has 0 fully saturated rings. The van der Waals surface area contributed by atoms with Gasteiger partial charge in [0.1, 0.15) is 0 Å². The number of Topliss-reactive ketones (excluding diaryl/α,β-unsaturated/α-hetero) is 1. The summed E-state index contributed by atoms with van der Waals surface area (Å²) >= 11 is 0. The van der Waals surface area contributed by atoms with E-state index in [1.165, 1.54) is 0 Å². The van der Waals surface area contributed by atoms with Gasteiger partial charge < -0.3 is 0 Å². The summed E-state index contributed by atoms with van der Waals surface area (Å²) in [6.45, 7) is -1.65. The van der Waals surface area contributed by atoms with Crippen molar-refractivity contribution in [1.29, 1.82) is 0 Å². The van der Waals surface area contributed by atoms with E-state index >= 15 is 0 Å². The molecular weight excluding hydrogens is 402 g/mol. The van der Waals surface area contributed by atoms with Crippen molar-refractivity contribution < 1.29 is 66.3 Å². The molecule has 0 aromatic carbocycles. The van der Waals surface area contributed by atoms with Gasteiger partial charge in [-0.2, -0.15) is 61.5 Å². The van der Waals surface area contributed by atoms with E-state index in [4.69, 9.17) is 0 Å². The van der Waals surface area contributed by atoms with E-state index in [1.54, 1.807) is 0 Å². The zero-order chi connectivity index (χ0) is 21.1. The highest BCUT2D eigenvalue weighted by atomic mass is 19.4. The molecule has 0 N–H and O–H groups in total. The van der Waals surface area contributed by atoms with Crippen LogP contribution in [0, 0.1) is 0 Å². The van der Waals surface area contributed by atoms with E-state index in [1.807, 2.05) is 0 Å². The van der Waals surface area contributed by atoms with E-state index in [9.17, 15) is 66.3 Å². The summed E-state index contributed by atoms with van der Waals surface area (Å²) < 4.78 is 180. The molecule has 25 heavy (non-hydrogen) atoms. The predicted octanol–water partition coefficient (Wildman–Crippen LogP) is 5.04. The van der Waals surface area contributed by atoms with Gasteiger partial charge in [0.15, 0.2) is 0 Å². The van der Waals surface area contributed by atoms with Crippen molar-refractivity contribution in [2.45, 2.75) is 55.3 Å². The number of halogens is 14. The average molecular weight is 408 g/mol. The summed E-state index contributed by atoms with van der Waals surface area (Å²) in [6.07, 6.45) is 0. The second-order valence-corrected chi connectivity index (χ2v) is 4.89. The highest BCUT2D eigenvalue weighted by Gasteiger charge is 2.92. The maximum Gasteiger partial charge on any atom is 0.385 e. The highest BCUT2D eigenvalue weighted by molar-refractivity contribution is 5.84. The number of hydrogen-bond acceptors (Lipinski definition) is 1. The van der Waals surface area contributed by atoms with E-state index in [0.717, 1.165) is 0 Å². The predicted molar refractivity (Wildman–Crippen MR) is 51.0 cm³/mol. The van der Waals surface area contributed by atoms with Crippen LogP contribution in [0.3, 0.4) is 0 Å². The van der Waals surface area contributed by atoms with Crippen molar-refractivity contribution in [3.63, 3.8) is 0 Å². The van der Waals surface area contributed by atoms with Crippen LogP contribution in [-0.2, 0) is 4.79 Å². The van der Waals surface area contributed by atoms with Gasteiger partial charge in [0.05, 0.1) is 0 Å². The molecule has 0 bridgehead atoms. The molecule has 0 saturated carbocycles. The first-order valence-electron chi connectivity index (χ1n) is 5.60. The molecule has 0 heterocycles. The van der Waals surface area contributed by atoms with Crippen LogP contribution in [0.5, 0.6) is 0 Å². The van der Waals surface area contributed by atoms with Gasteiger partial charge in [-0.1, -0.05) is 0 Å². The van der Waals surface area contributed by atoms with Crippen LogP contribution in [0.25, 0.3) is 0 Å². The molecule has 1 nitrogen and oxygen atoms in total. The van der Waals surface area contributed by atoms with Gasteiger partial charge in [-0.3, -0.25) is 4.79 Å². The largest absolute Gasteiger partial charge is 0.385 e. The Morgan fingerprint density at radius 1 is 0.520 bits per heavy atom. The number of alkyl halides is 14. The molecule has 0 aliphatic carbocycles. The summed E-state index contributed by atoms with van der Waals surface area (Å²) in [5, 5.41) is 0. The Kier molecular flexibility index (Phi) is 5.30. The fourth-order valence-corrected chi connectivity index (χ4v) is 1.29. The Bertz CT molecular complexity index is 528. The minimum absolute atomic E-state index is 0.519. The lowest BCUT2D eigenvalue weighted by atomic mass is 9.89. The maximum absolute atomic E-state index is 13.1. The first-order chi connectivity index (χ1) is 10.4. The molecule has 0 atom stereocenters. The molecule has 150 valence electrons. The maximum atomic E-state index is 13.1. The molecule has 0 amide bonds. The summed E-state index contributed by atoms with van der Waals surface area (Å²) in [5.74, 6) is -55.1. The van der Waals surface area contributed by atoms with E-state index in [-0.39, 0.29) is 0 Å². The molecular formula is C10H6F14O. The fraction of sp³-hybridized carbons (Fsp3) is 0.900. The third kappa shape index (κ3) is 2.82. The molecule has 0 aromatic heterocycles. The van der Waals surface area contributed by atoms with Crippen molar-refractivity contribution in [3.05, 3.63) is 0 Å². The van der Waals surface area contributed by atoms with Crippen LogP contribution in [0.1, 0.15) is 13.8 Å². The van der Waals surface area contributed by atoms with Gasteiger partial charge in [0.25, 0.3) is 0 Å². The van der Waals surface area contributed by atoms with Gasteiger partial charge in [-0.25, -0.2) is 0 Å². The standard InChI is InChI=1S/C10H6F14O/c1-3(25)5(13,14)7(17,18)9(21,22)10(23,24)8(19,20)6(15,16)4(2,11)12/h1-2H3. The average Bonchev–Trinajstić information content (AvgIpc) is 2.35. The minimum Gasteiger partial charge on any atom is -0.293 e. The second-order valence-electron chi connectivity index (χ2n) is 4.89. The normalized spacial score (nSPS) is 16.2. The lowest BCUT2D eigenvalue weighted by molar-refractivity contribution is -0.436. The van der Waals surface area contributed by atoms with Gasteiger partial charge in [-0.05, 0) is 0 Å². The quantitative estimate of drug-likeness (QED) is 0.540. The molecule has 15 heteroatoms. The molecule has 0 unspecified atom stereocenters. The van der Waals surface area contributed by atoms with Crippen LogP contribution in [0.2, 0.25) is 0 Å². The third-order valence-corrected chi connectivity index (χ3v) is 2.97. The van der Waals surface area contributed by atoms with E-state index < -0.39 is 61.1 Å². The third-order valence-electron chi connectivity index (χ3n) is 2.97. The number of carbonyl (C=O) groups is 1. The first kappa shape index (κ1) is 23.7. The van der Waals surface area contributed by atoms with E-state index in [2.05, 4.69) is 0 Å². The highest BCUT2D eigenvalue weighted by Crippen LogP contribution is 2.62. The second kappa shape index (κ2) is 5.59. The Hall–Kier alpha value is -1.31. The van der Waals surface area contributed by atoms with Crippen molar-refractivity contribution >= 4 is 5.78 Å². The van der Waals surface area contributed by atoms with Gasteiger partial charge in [-0.15, -0.1) is 0 Å². The zero-order valence-electron chi connectivity index (χ0n) is 11.7. The molecule has 0 spiro atoms. The van der Waals surface area contributed by atoms with Gasteiger partial charge >= 0.3 is 41.5 Å². The van der Waals surface area contributed by atoms with Crippen LogP contribution in [-0.4, -0.2) is 47.2 Å². The van der Waals surface area contributed by atoms with Crippen molar-refractivity contribution in [1.82, 2.24) is 0 Å². The fourth-order valence-electron chi connectivity index (χ4n) is 1.29. The lowest BCUT2D eigenvalue weighted by Crippen LogP contribution is -2.73. The molecule has 0 aliphatic heterocycles.